The van der Waals surface area contributed by atoms with Gasteiger partial charge in [-0.1, -0.05) is 175 Å². The van der Waals surface area contributed by atoms with Gasteiger partial charge in [-0.05, 0) is 66.1 Å². The standard InChI is InChI=1S/C42H62BrFO2/c1-2-3-4-5-6-7-8-9-10-11-12-13-14-15-16-17-18-19-20-23-31-45-34-46-37-29-30-39-38-27-21-22-28-40(38)42(43,41(39)33-37)35-25-24-26-36(44)32-35/h21,24-27,29-30,32-33,38,40H,2-20,22-23,28,31,34H2,1H3. The molecular formula is C42H62BrFO2. The Kier molecular flexibility index (Phi) is 17.3. The molecule has 4 rings (SSSR count). The normalized spacial score (nSPS) is 20.2. The second kappa shape index (κ2) is 21.3. The first-order valence-electron chi connectivity index (χ1n) is 19.1. The number of hydrogen-bond donors (Lipinski definition) is 0. The van der Waals surface area contributed by atoms with Crippen molar-refractivity contribution in [3.63, 3.8) is 0 Å². The highest BCUT2D eigenvalue weighted by molar-refractivity contribution is 9.09. The first kappa shape index (κ1) is 37.2. The molecule has 0 aromatic heterocycles. The van der Waals surface area contributed by atoms with Gasteiger partial charge in [0.15, 0.2) is 6.79 Å². The van der Waals surface area contributed by atoms with Crippen LogP contribution in [0.15, 0.2) is 54.6 Å². The molecule has 0 radical (unpaired) electrons. The number of benzene rings is 2. The van der Waals surface area contributed by atoms with Crippen molar-refractivity contribution in [3.8, 4) is 5.75 Å². The second-order valence-corrected chi connectivity index (χ2v) is 15.2. The van der Waals surface area contributed by atoms with Crippen LogP contribution in [0.1, 0.15) is 171 Å². The van der Waals surface area contributed by atoms with E-state index in [4.69, 9.17) is 9.47 Å². The highest BCUT2D eigenvalue weighted by Crippen LogP contribution is 2.61. The van der Waals surface area contributed by atoms with E-state index in [9.17, 15) is 4.39 Å². The molecule has 46 heavy (non-hydrogen) atoms. The van der Waals surface area contributed by atoms with Crippen molar-refractivity contribution in [1.82, 2.24) is 0 Å². The van der Waals surface area contributed by atoms with E-state index in [1.54, 1.807) is 6.07 Å². The first-order chi connectivity index (χ1) is 22.6. The minimum atomic E-state index is -0.424. The number of allylic oxidation sites excluding steroid dienone is 2. The van der Waals surface area contributed by atoms with Crippen LogP contribution in [0.5, 0.6) is 5.75 Å². The molecule has 0 saturated heterocycles. The molecule has 3 atom stereocenters. The number of rotatable bonds is 25. The maximum absolute atomic E-state index is 14.3. The average Bonchev–Trinajstić information content (AvgIpc) is 3.33. The van der Waals surface area contributed by atoms with E-state index >= 15 is 0 Å². The molecule has 2 aliphatic rings. The van der Waals surface area contributed by atoms with Gasteiger partial charge < -0.3 is 9.47 Å². The second-order valence-electron chi connectivity index (χ2n) is 14.0. The molecule has 0 aliphatic heterocycles. The van der Waals surface area contributed by atoms with Gasteiger partial charge in [0, 0.05) is 5.92 Å². The summed E-state index contributed by atoms with van der Waals surface area (Å²) in [6.07, 6.45) is 34.6. The third-order valence-electron chi connectivity index (χ3n) is 10.4. The molecule has 0 saturated carbocycles. The van der Waals surface area contributed by atoms with Crippen LogP contribution in [-0.2, 0) is 9.06 Å². The van der Waals surface area contributed by atoms with Crippen molar-refractivity contribution in [2.24, 2.45) is 5.92 Å². The first-order valence-corrected chi connectivity index (χ1v) is 19.9. The van der Waals surface area contributed by atoms with Gasteiger partial charge >= 0.3 is 0 Å². The number of halogens is 2. The van der Waals surface area contributed by atoms with E-state index in [0.29, 0.717) is 11.8 Å². The van der Waals surface area contributed by atoms with Gasteiger partial charge in [-0.15, -0.1) is 0 Å². The molecular weight excluding hydrogens is 635 g/mol. The molecule has 2 nitrogen and oxygen atoms in total. The van der Waals surface area contributed by atoms with Crippen LogP contribution in [0.4, 0.5) is 4.39 Å². The van der Waals surface area contributed by atoms with Crippen molar-refractivity contribution < 1.29 is 13.9 Å². The summed E-state index contributed by atoms with van der Waals surface area (Å²) >= 11 is 4.14. The van der Waals surface area contributed by atoms with Crippen molar-refractivity contribution in [3.05, 3.63) is 77.1 Å². The highest BCUT2D eigenvalue weighted by atomic mass is 79.9. The zero-order chi connectivity index (χ0) is 32.3. The van der Waals surface area contributed by atoms with Gasteiger partial charge in [-0.2, -0.15) is 0 Å². The molecule has 256 valence electrons. The lowest BCUT2D eigenvalue weighted by molar-refractivity contribution is 0.0134. The molecule has 4 heteroatoms. The van der Waals surface area contributed by atoms with Crippen LogP contribution < -0.4 is 4.74 Å². The van der Waals surface area contributed by atoms with Gasteiger partial charge in [-0.3, -0.25) is 0 Å². The Morgan fingerprint density at radius 2 is 1.33 bits per heavy atom. The maximum Gasteiger partial charge on any atom is 0.189 e. The summed E-state index contributed by atoms with van der Waals surface area (Å²) in [6.45, 7) is 3.30. The van der Waals surface area contributed by atoms with Crippen molar-refractivity contribution in [2.45, 2.75) is 158 Å². The van der Waals surface area contributed by atoms with E-state index in [1.807, 2.05) is 12.1 Å². The van der Waals surface area contributed by atoms with Crippen LogP contribution in [0.2, 0.25) is 0 Å². The van der Waals surface area contributed by atoms with E-state index in [2.05, 4.69) is 53.2 Å². The lowest BCUT2D eigenvalue weighted by atomic mass is 9.77. The molecule has 0 spiro atoms. The van der Waals surface area contributed by atoms with E-state index < -0.39 is 4.32 Å². The molecule has 0 N–H and O–H groups in total. The number of ether oxygens (including phenoxy) is 2. The smallest absolute Gasteiger partial charge is 0.189 e. The minimum absolute atomic E-state index is 0.196. The summed E-state index contributed by atoms with van der Waals surface area (Å²) in [6, 6.07) is 13.4. The summed E-state index contributed by atoms with van der Waals surface area (Å²) < 4.78 is 25.8. The van der Waals surface area contributed by atoms with Gasteiger partial charge in [0.2, 0.25) is 0 Å². The summed E-state index contributed by atoms with van der Waals surface area (Å²) in [5.74, 6) is 1.29. The van der Waals surface area contributed by atoms with Crippen molar-refractivity contribution >= 4 is 15.9 Å². The van der Waals surface area contributed by atoms with Crippen LogP contribution >= 0.6 is 15.9 Å². The van der Waals surface area contributed by atoms with Gasteiger partial charge in [0.25, 0.3) is 0 Å². The Balaban J connectivity index is 1.00. The summed E-state index contributed by atoms with van der Waals surface area (Å²) in [4.78, 5) is 0. The predicted octanol–water partition coefficient (Wildman–Crippen LogP) is 13.7. The largest absolute Gasteiger partial charge is 0.468 e. The van der Waals surface area contributed by atoms with Crippen LogP contribution in [0.3, 0.4) is 0 Å². The topological polar surface area (TPSA) is 18.5 Å². The summed E-state index contributed by atoms with van der Waals surface area (Å²) in [5.41, 5.74) is 3.47. The fourth-order valence-electron chi connectivity index (χ4n) is 7.74. The molecule has 0 amide bonds. The van der Waals surface area contributed by atoms with Crippen molar-refractivity contribution in [2.75, 3.05) is 13.4 Å². The Labute approximate surface area is 289 Å². The lowest BCUT2D eigenvalue weighted by Crippen LogP contribution is -2.28. The summed E-state index contributed by atoms with van der Waals surface area (Å²) in [7, 11) is 0. The predicted molar refractivity (Wildman–Crippen MR) is 197 cm³/mol. The van der Waals surface area contributed by atoms with E-state index in [0.717, 1.165) is 37.2 Å². The molecule has 2 aromatic rings. The summed E-state index contributed by atoms with van der Waals surface area (Å²) in [5, 5.41) is 0. The Bertz CT molecular complexity index is 1150. The van der Waals surface area contributed by atoms with Crippen LogP contribution in [0.25, 0.3) is 0 Å². The average molecular weight is 698 g/mol. The lowest BCUT2D eigenvalue weighted by Gasteiger charge is -2.34. The number of unbranched alkanes of at least 4 members (excludes halogenated alkanes) is 19. The van der Waals surface area contributed by atoms with Gasteiger partial charge in [-0.25, -0.2) is 4.39 Å². The third kappa shape index (κ3) is 11.5. The number of hydrogen-bond acceptors (Lipinski definition) is 2. The molecule has 0 heterocycles. The Hall–Kier alpha value is -1.65. The van der Waals surface area contributed by atoms with Crippen molar-refractivity contribution in [1.29, 1.82) is 0 Å². The van der Waals surface area contributed by atoms with Crippen LogP contribution in [-0.4, -0.2) is 13.4 Å². The monoisotopic (exact) mass is 696 g/mol. The zero-order valence-electron chi connectivity index (χ0n) is 28.9. The Morgan fingerprint density at radius 3 is 1.91 bits per heavy atom. The van der Waals surface area contributed by atoms with Gasteiger partial charge in [0.1, 0.15) is 11.6 Å². The fraction of sp³-hybridized carbons (Fsp3) is 0.667. The van der Waals surface area contributed by atoms with E-state index in [1.165, 1.54) is 139 Å². The molecule has 0 bridgehead atoms. The quantitative estimate of drug-likeness (QED) is 0.0445. The molecule has 2 aromatic carbocycles. The maximum atomic E-state index is 14.3. The number of fused-ring (bicyclic) bond motifs is 3. The highest BCUT2D eigenvalue weighted by Gasteiger charge is 2.51. The molecule has 0 fully saturated rings. The molecule has 3 unspecified atom stereocenters. The molecule has 2 aliphatic carbocycles. The fourth-order valence-corrected chi connectivity index (χ4v) is 8.85. The van der Waals surface area contributed by atoms with Gasteiger partial charge in [0.05, 0.1) is 10.9 Å². The zero-order valence-corrected chi connectivity index (χ0v) is 30.5. The number of alkyl halides is 1. The third-order valence-corrected chi connectivity index (χ3v) is 11.9. The van der Waals surface area contributed by atoms with E-state index in [-0.39, 0.29) is 12.6 Å². The van der Waals surface area contributed by atoms with Crippen LogP contribution in [0, 0.1) is 11.7 Å². The minimum Gasteiger partial charge on any atom is -0.468 e. The Morgan fingerprint density at radius 1 is 0.739 bits per heavy atom. The SMILES string of the molecule is CCCCCCCCCCCCCCCCCCCCCCOCOc1ccc2c(c1)C(Br)(c1cccc(F)c1)C1CCC=CC21.